The van der Waals surface area contributed by atoms with Crippen LogP contribution in [0.2, 0.25) is 0 Å². The molecule has 2 aromatic rings. The molecule has 0 fully saturated rings. The van der Waals surface area contributed by atoms with Gasteiger partial charge in [0.15, 0.2) is 0 Å². The van der Waals surface area contributed by atoms with Crippen molar-refractivity contribution in [3.8, 4) is 11.1 Å². The van der Waals surface area contributed by atoms with Gasteiger partial charge in [-0.1, -0.05) is 48.0 Å². The van der Waals surface area contributed by atoms with Crippen molar-refractivity contribution < 1.29 is 0 Å². The van der Waals surface area contributed by atoms with Crippen molar-refractivity contribution in [2.75, 3.05) is 7.05 Å². The highest BCUT2D eigenvalue weighted by atomic mass is 14.8. The summed E-state index contributed by atoms with van der Waals surface area (Å²) in [6.07, 6.45) is 0. The molecule has 17 heavy (non-hydrogen) atoms. The highest BCUT2D eigenvalue weighted by Crippen LogP contribution is 2.23. The summed E-state index contributed by atoms with van der Waals surface area (Å²) < 4.78 is 0. The van der Waals surface area contributed by atoms with Crippen LogP contribution in [0.4, 0.5) is 0 Å². The van der Waals surface area contributed by atoms with Gasteiger partial charge in [-0.15, -0.1) is 0 Å². The third-order valence-electron chi connectivity index (χ3n) is 3.20. The number of nitrogens with one attached hydrogen (secondary N) is 1. The molecule has 0 spiro atoms. The molecule has 88 valence electrons. The van der Waals surface area contributed by atoms with Gasteiger partial charge in [-0.05, 0) is 43.7 Å². The molecular weight excluding hydrogens is 206 g/mol. The van der Waals surface area contributed by atoms with Crippen LogP contribution < -0.4 is 5.32 Å². The molecule has 0 heterocycles. The first-order valence-corrected chi connectivity index (χ1v) is 6.05. The van der Waals surface area contributed by atoms with Crippen LogP contribution in [-0.4, -0.2) is 7.05 Å². The zero-order chi connectivity index (χ0) is 12.3. The molecule has 0 saturated carbocycles. The average Bonchev–Trinajstić information content (AvgIpc) is 2.39. The maximum Gasteiger partial charge on any atom is 0.0289 e. The Bertz CT molecular complexity index is 485. The molecule has 1 N–H and O–H groups in total. The fourth-order valence-electron chi connectivity index (χ4n) is 1.90. The lowest BCUT2D eigenvalue weighted by molar-refractivity contribution is 0.652. The van der Waals surface area contributed by atoms with E-state index in [-0.39, 0.29) is 0 Å². The quantitative estimate of drug-likeness (QED) is 0.834. The average molecular weight is 225 g/mol. The second kappa shape index (κ2) is 5.15. The first-order chi connectivity index (χ1) is 8.20. The molecule has 0 radical (unpaired) electrons. The zero-order valence-electron chi connectivity index (χ0n) is 10.7. The summed E-state index contributed by atoms with van der Waals surface area (Å²) in [5.74, 6) is 0. The molecule has 1 unspecified atom stereocenters. The first kappa shape index (κ1) is 11.9. The molecule has 1 atom stereocenters. The predicted octanol–water partition coefficient (Wildman–Crippen LogP) is 3.94. The Hall–Kier alpha value is -1.60. The third-order valence-corrected chi connectivity index (χ3v) is 3.20. The van der Waals surface area contributed by atoms with Crippen LogP contribution >= 0.6 is 0 Å². The second-order valence-corrected chi connectivity index (χ2v) is 4.50. The van der Waals surface area contributed by atoms with Gasteiger partial charge in [0.1, 0.15) is 0 Å². The smallest absolute Gasteiger partial charge is 0.0289 e. The number of rotatable bonds is 3. The normalized spacial score (nSPS) is 12.4. The van der Waals surface area contributed by atoms with Gasteiger partial charge in [0.2, 0.25) is 0 Å². The van der Waals surface area contributed by atoms with Gasteiger partial charge in [-0.2, -0.15) is 0 Å². The topological polar surface area (TPSA) is 12.0 Å². The Balaban J connectivity index is 2.36. The van der Waals surface area contributed by atoms with E-state index in [1.807, 2.05) is 7.05 Å². The minimum atomic E-state index is 0.389. The van der Waals surface area contributed by atoms with Crippen molar-refractivity contribution in [2.24, 2.45) is 0 Å². The summed E-state index contributed by atoms with van der Waals surface area (Å²) in [6, 6.07) is 17.8. The molecular formula is C16H19N. The third kappa shape index (κ3) is 2.75. The van der Waals surface area contributed by atoms with Crippen molar-refractivity contribution in [3.05, 3.63) is 59.7 Å². The van der Waals surface area contributed by atoms with E-state index in [0.29, 0.717) is 6.04 Å². The van der Waals surface area contributed by atoms with Gasteiger partial charge < -0.3 is 5.32 Å². The molecule has 2 rings (SSSR count). The van der Waals surface area contributed by atoms with E-state index in [0.717, 1.165) is 0 Å². The lowest BCUT2D eigenvalue weighted by atomic mass is 9.99. The summed E-state index contributed by atoms with van der Waals surface area (Å²) >= 11 is 0. The van der Waals surface area contributed by atoms with E-state index in [4.69, 9.17) is 0 Å². The second-order valence-electron chi connectivity index (χ2n) is 4.50. The fraction of sp³-hybridized carbons (Fsp3) is 0.250. The molecule has 0 amide bonds. The van der Waals surface area contributed by atoms with Gasteiger partial charge in [0.25, 0.3) is 0 Å². The van der Waals surface area contributed by atoms with Crippen LogP contribution in [0.5, 0.6) is 0 Å². The predicted molar refractivity (Wildman–Crippen MR) is 74.1 cm³/mol. The van der Waals surface area contributed by atoms with Crippen LogP contribution in [0.15, 0.2) is 48.5 Å². The van der Waals surface area contributed by atoms with Gasteiger partial charge in [-0.25, -0.2) is 0 Å². The standard InChI is InChI=1S/C16H19N/c1-12-7-9-14(10-8-12)16-6-4-5-15(11-16)13(2)17-3/h4-11,13,17H,1-3H3. The van der Waals surface area contributed by atoms with Gasteiger partial charge in [-0.3, -0.25) is 0 Å². The zero-order valence-corrected chi connectivity index (χ0v) is 10.7. The molecule has 0 saturated heterocycles. The van der Waals surface area contributed by atoms with Crippen molar-refractivity contribution in [1.29, 1.82) is 0 Å². The van der Waals surface area contributed by atoms with Crippen LogP contribution in [0.25, 0.3) is 11.1 Å². The molecule has 0 aliphatic carbocycles. The lowest BCUT2D eigenvalue weighted by Crippen LogP contribution is -2.12. The van der Waals surface area contributed by atoms with Gasteiger partial charge >= 0.3 is 0 Å². The summed E-state index contributed by atoms with van der Waals surface area (Å²) in [6.45, 7) is 4.29. The van der Waals surface area contributed by atoms with E-state index in [1.54, 1.807) is 0 Å². The Labute approximate surface area is 103 Å². The maximum atomic E-state index is 3.27. The lowest BCUT2D eigenvalue weighted by Gasteiger charge is -2.12. The number of hydrogen-bond donors (Lipinski definition) is 1. The Kier molecular flexibility index (Phi) is 3.60. The van der Waals surface area contributed by atoms with Crippen LogP contribution in [-0.2, 0) is 0 Å². The minimum Gasteiger partial charge on any atom is -0.313 e. The molecule has 2 aromatic carbocycles. The molecule has 0 aromatic heterocycles. The number of hydrogen-bond acceptors (Lipinski definition) is 1. The fourth-order valence-corrected chi connectivity index (χ4v) is 1.90. The minimum absolute atomic E-state index is 0.389. The van der Waals surface area contributed by atoms with Gasteiger partial charge in [0.05, 0.1) is 0 Å². The largest absolute Gasteiger partial charge is 0.313 e. The van der Waals surface area contributed by atoms with Crippen molar-refractivity contribution in [1.82, 2.24) is 5.32 Å². The molecule has 0 aliphatic rings. The Morgan fingerprint density at radius 2 is 1.65 bits per heavy atom. The first-order valence-electron chi connectivity index (χ1n) is 6.05. The van der Waals surface area contributed by atoms with Crippen LogP contribution in [0, 0.1) is 6.92 Å². The molecule has 1 heteroatoms. The number of benzene rings is 2. The summed E-state index contributed by atoms with van der Waals surface area (Å²) in [5.41, 5.74) is 5.18. The van der Waals surface area contributed by atoms with E-state index in [2.05, 4.69) is 67.7 Å². The Morgan fingerprint density at radius 3 is 2.29 bits per heavy atom. The van der Waals surface area contributed by atoms with Crippen molar-refractivity contribution in [2.45, 2.75) is 19.9 Å². The molecule has 0 aliphatic heterocycles. The van der Waals surface area contributed by atoms with E-state index < -0.39 is 0 Å². The summed E-state index contributed by atoms with van der Waals surface area (Å²) in [4.78, 5) is 0. The number of aryl methyl sites for hydroxylation is 1. The van der Waals surface area contributed by atoms with E-state index in [9.17, 15) is 0 Å². The van der Waals surface area contributed by atoms with Gasteiger partial charge in [0, 0.05) is 6.04 Å². The Morgan fingerprint density at radius 1 is 0.941 bits per heavy atom. The van der Waals surface area contributed by atoms with E-state index in [1.165, 1.54) is 22.3 Å². The van der Waals surface area contributed by atoms with Crippen molar-refractivity contribution >= 4 is 0 Å². The van der Waals surface area contributed by atoms with Crippen LogP contribution in [0.1, 0.15) is 24.1 Å². The highest BCUT2D eigenvalue weighted by molar-refractivity contribution is 5.64. The molecule has 0 bridgehead atoms. The molecule has 1 nitrogen and oxygen atoms in total. The summed E-state index contributed by atoms with van der Waals surface area (Å²) in [5, 5.41) is 3.27. The SMILES string of the molecule is CNC(C)c1cccc(-c2ccc(C)cc2)c1. The summed E-state index contributed by atoms with van der Waals surface area (Å²) in [7, 11) is 1.99. The van der Waals surface area contributed by atoms with E-state index >= 15 is 0 Å². The highest BCUT2D eigenvalue weighted by Gasteiger charge is 2.04. The maximum absolute atomic E-state index is 3.27. The monoisotopic (exact) mass is 225 g/mol. The van der Waals surface area contributed by atoms with Crippen molar-refractivity contribution in [3.63, 3.8) is 0 Å². The van der Waals surface area contributed by atoms with Crippen LogP contribution in [0.3, 0.4) is 0 Å².